The molecule has 6 nitrogen and oxygen atoms in total. The summed E-state index contributed by atoms with van der Waals surface area (Å²) in [7, 11) is 0. The minimum Gasteiger partial charge on any atom is -0.379 e. The molecular weight excluding hydrogens is 378 g/mol. The van der Waals surface area contributed by atoms with Gasteiger partial charge in [-0.25, -0.2) is 4.90 Å². The predicted octanol–water partition coefficient (Wildman–Crippen LogP) is 3.06. The summed E-state index contributed by atoms with van der Waals surface area (Å²) >= 11 is 0. The van der Waals surface area contributed by atoms with Gasteiger partial charge in [-0.2, -0.15) is 0 Å². The van der Waals surface area contributed by atoms with Crippen LogP contribution in [0.3, 0.4) is 0 Å². The van der Waals surface area contributed by atoms with E-state index in [0.717, 1.165) is 50.4 Å². The Morgan fingerprint density at radius 2 is 1.80 bits per heavy atom. The number of fused-ring (bicyclic) bond motifs is 1. The number of benzene rings is 2. The maximum Gasteiger partial charge on any atom is 0.265 e. The summed E-state index contributed by atoms with van der Waals surface area (Å²) in [4.78, 5) is 34.6. The lowest BCUT2D eigenvalue weighted by molar-refractivity contribution is -0.118. The number of morpholine rings is 1. The van der Waals surface area contributed by atoms with Gasteiger partial charge < -0.3 is 4.74 Å². The molecule has 4 rings (SSSR count). The Morgan fingerprint density at radius 1 is 1.07 bits per heavy atom. The van der Waals surface area contributed by atoms with E-state index in [4.69, 9.17) is 4.74 Å². The highest BCUT2D eigenvalue weighted by molar-refractivity contribution is 6.29. The number of hydrogen-bond acceptors (Lipinski definition) is 5. The van der Waals surface area contributed by atoms with E-state index in [1.54, 1.807) is 12.3 Å². The number of imide groups is 1. The minimum absolute atomic E-state index is 0.250. The highest BCUT2D eigenvalue weighted by Crippen LogP contribution is 2.32. The summed E-state index contributed by atoms with van der Waals surface area (Å²) in [6.45, 7) is 7.12. The molecule has 0 aliphatic carbocycles. The van der Waals surface area contributed by atoms with Crippen molar-refractivity contribution >= 4 is 23.7 Å². The molecule has 1 atom stereocenters. The molecule has 0 unspecified atom stereocenters. The molecule has 2 aliphatic rings. The van der Waals surface area contributed by atoms with E-state index in [1.165, 1.54) is 4.90 Å². The van der Waals surface area contributed by atoms with E-state index in [1.807, 2.05) is 49.4 Å². The van der Waals surface area contributed by atoms with Crippen LogP contribution in [0.4, 0.5) is 5.69 Å². The second-order valence-electron chi connectivity index (χ2n) is 7.74. The van der Waals surface area contributed by atoms with Crippen molar-refractivity contribution in [2.75, 3.05) is 44.3 Å². The highest BCUT2D eigenvalue weighted by atomic mass is 16.5. The second-order valence-corrected chi connectivity index (χ2v) is 7.74. The summed E-state index contributed by atoms with van der Waals surface area (Å²) < 4.78 is 5.37. The number of carbonyl (C=O) groups excluding carboxylic acids is 2. The van der Waals surface area contributed by atoms with Crippen LogP contribution in [0.2, 0.25) is 0 Å². The van der Waals surface area contributed by atoms with Gasteiger partial charge in [-0.3, -0.25) is 19.5 Å². The SMILES string of the molecule is Cc1ccc(N2C(=O)c3ccccc3[C@H](C=NCCCN3CCOCC3)C2=O)cc1. The Morgan fingerprint density at radius 3 is 2.57 bits per heavy atom. The molecule has 0 spiro atoms. The number of anilines is 1. The van der Waals surface area contributed by atoms with Gasteiger partial charge in [0.1, 0.15) is 0 Å². The molecule has 30 heavy (non-hydrogen) atoms. The fraction of sp³-hybridized carbons (Fsp3) is 0.375. The molecule has 2 amide bonds. The molecule has 1 saturated heterocycles. The molecule has 0 N–H and O–H groups in total. The first-order valence-corrected chi connectivity index (χ1v) is 10.5. The number of carbonyl (C=O) groups is 2. The van der Waals surface area contributed by atoms with Crippen LogP contribution in [-0.4, -0.2) is 62.3 Å². The minimum atomic E-state index is -0.552. The number of aliphatic imine (C=N–C) groups is 1. The number of hydrogen-bond donors (Lipinski definition) is 0. The van der Waals surface area contributed by atoms with Crippen LogP contribution in [0.1, 0.15) is 33.8 Å². The van der Waals surface area contributed by atoms with Gasteiger partial charge in [0.25, 0.3) is 5.91 Å². The van der Waals surface area contributed by atoms with Gasteiger partial charge in [-0.15, -0.1) is 0 Å². The monoisotopic (exact) mass is 405 g/mol. The van der Waals surface area contributed by atoms with Crippen LogP contribution in [-0.2, 0) is 9.53 Å². The first-order chi connectivity index (χ1) is 14.6. The van der Waals surface area contributed by atoms with Gasteiger partial charge >= 0.3 is 0 Å². The number of rotatable bonds is 6. The summed E-state index contributed by atoms with van der Waals surface area (Å²) in [5.74, 6) is -1.08. The van der Waals surface area contributed by atoms with Crippen LogP contribution in [0.5, 0.6) is 0 Å². The van der Waals surface area contributed by atoms with Crippen molar-refractivity contribution in [1.82, 2.24) is 4.90 Å². The lowest BCUT2D eigenvalue weighted by Gasteiger charge is -2.31. The Balaban J connectivity index is 1.50. The molecule has 156 valence electrons. The average molecular weight is 405 g/mol. The molecule has 6 heteroatoms. The Bertz CT molecular complexity index is 933. The zero-order chi connectivity index (χ0) is 20.9. The summed E-state index contributed by atoms with van der Waals surface area (Å²) in [6.07, 6.45) is 2.65. The van der Waals surface area contributed by atoms with E-state index in [2.05, 4.69) is 9.89 Å². The normalized spacial score (nSPS) is 20.0. The smallest absolute Gasteiger partial charge is 0.265 e. The third-order valence-corrected chi connectivity index (χ3v) is 5.63. The van der Waals surface area contributed by atoms with E-state index in [9.17, 15) is 9.59 Å². The van der Waals surface area contributed by atoms with Gasteiger partial charge in [-0.1, -0.05) is 35.9 Å². The first-order valence-electron chi connectivity index (χ1n) is 10.5. The van der Waals surface area contributed by atoms with Crippen molar-refractivity contribution < 1.29 is 14.3 Å². The first kappa shape index (κ1) is 20.4. The van der Waals surface area contributed by atoms with E-state index in [0.29, 0.717) is 17.8 Å². The van der Waals surface area contributed by atoms with Crippen molar-refractivity contribution in [3.05, 3.63) is 65.2 Å². The van der Waals surface area contributed by atoms with Crippen molar-refractivity contribution in [2.24, 2.45) is 4.99 Å². The van der Waals surface area contributed by atoms with Gasteiger partial charge in [-0.05, 0) is 37.1 Å². The molecule has 1 fully saturated rings. The van der Waals surface area contributed by atoms with Crippen LogP contribution in [0, 0.1) is 6.92 Å². The topological polar surface area (TPSA) is 62.2 Å². The number of aryl methyl sites for hydroxylation is 1. The summed E-state index contributed by atoms with van der Waals surface area (Å²) in [6, 6.07) is 14.8. The van der Waals surface area contributed by atoms with Gasteiger partial charge in [0.15, 0.2) is 0 Å². The van der Waals surface area contributed by atoms with E-state index < -0.39 is 5.92 Å². The quantitative estimate of drug-likeness (QED) is 0.421. The molecule has 0 bridgehead atoms. The van der Waals surface area contributed by atoms with Gasteiger partial charge in [0.2, 0.25) is 5.91 Å². The predicted molar refractivity (Wildman–Crippen MR) is 117 cm³/mol. The standard InChI is InChI=1S/C24H27N3O3/c1-18-7-9-19(10-8-18)27-23(28)21-6-3-2-5-20(21)22(24(27)29)17-25-11-4-12-26-13-15-30-16-14-26/h2-3,5-10,17,22H,4,11-16H2,1H3/t22-/m0/s1. The zero-order valence-corrected chi connectivity index (χ0v) is 17.3. The fourth-order valence-electron chi connectivity index (χ4n) is 3.93. The molecular formula is C24H27N3O3. The highest BCUT2D eigenvalue weighted by Gasteiger charge is 2.38. The van der Waals surface area contributed by atoms with Crippen LogP contribution < -0.4 is 4.90 Å². The second kappa shape index (κ2) is 9.32. The molecule has 2 aliphatic heterocycles. The lowest BCUT2D eigenvalue weighted by Crippen LogP contribution is -2.45. The maximum atomic E-state index is 13.3. The molecule has 2 aromatic rings. The summed E-state index contributed by atoms with van der Waals surface area (Å²) in [5, 5.41) is 0. The summed E-state index contributed by atoms with van der Waals surface area (Å²) in [5.41, 5.74) is 2.96. The van der Waals surface area contributed by atoms with Crippen molar-refractivity contribution in [1.29, 1.82) is 0 Å². The van der Waals surface area contributed by atoms with E-state index in [-0.39, 0.29) is 11.8 Å². The van der Waals surface area contributed by atoms with Crippen LogP contribution in [0.25, 0.3) is 0 Å². The molecule has 2 heterocycles. The average Bonchev–Trinajstić information content (AvgIpc) is 2.77. The van der Waals surface area contributed by atoms with Crippen LogP contribution in [0.15, 0.2) is 53.5 Å². The lowest BCUT2D eigenvalue weighted by atomic mass is 9.89. The van der Waals surface area contributed by atoms with Crippen LogP contribution >= 0.6 is 0 Å². The maximum absolute atomic E-state index is 13.3. The van der Waals surface area contributed by atoms with Crippen molar-refractivity contribution in [3.63, 3.8) is 0 Å². The van der Waals surface area contributed by atoms with Gasteiger partial charge in [0, 0.05) is 38.0 Å². The number of nitrogens with zero attached hydrogens (tertiary/aromatic N) is 3. The zero-order valence-electron chi connectivity index (χ0n) is 17.3. The Labute approximate surface area is 177 Å². The molecule has 0 saturated carbocycles. The van der Waals surface area contributed by atoms with Crippen molar-refractivity contribution in [2.45, 2.75) is 19.3 Å². The number of amides is 2. The number of ether oxygens (including phenoxy) is 1. The Hall–Kier alpha value is -2.83. The molecule has 2 aromatic carbocycles. The third-order valence-electron chi connectivity index (χ3n) is 5.63. The molecule has 0 radical (unpaired) electrons. The Kier molecular flexibility index (Phi) is 6.35. The van der Waals surface area contributed by atoms with Crippen molar-refractivity contribution in [3.8, 4) is 0 Å². The molecule has 0 aromatic heterocycles. The third kappa shape index (κ3) is 4.35. The van der Waals surface area contributed by atoms with E-state index >= 15 is 0 Å². The fourth-order valence-corrected chi connectivity index (χ4v) is 3.93. The largest absolute Gasteiger partial charge is 0.379 e. The van der Waals surface area contributed by atoms with Gasteiger partial charge in [0.05, 0.1) is 24.8 Å².